The molecule has 58 heavy (non-hydrogen) atoms. The molecule has 1 atom stereocenters. The molecule has 6 nitrogen and oxygen atoms in total. The number of esters is 2. The van der Waals surface area contributed by atoms with Crippen molar-refractivity contribution >= 4 is 11.9 Å². The van der Waals surface area contributed by atoms with Gasteiger partial charge < -0.3 is 18.9 Å². The fraction of sp³-hybridized carbons (Fsp3) is 0.500. The Kier molecular flexibility index (Phi) is 11.2. The number of carbonyl (C=O) groups is 2. The van der Waals surface area contributed by atoms with Crippen molar-refractivity contribution in [3.8, 4) is 23.0 Å². The van der Waals surface area contributed by atoms with Gasteiger partial charge in [-0.15, -0.1) is 0 Å². The first-order chi connectivity index (χ1) is 27.9. The Morgan fingerprint density at radius 2 is 1.02 bits per heavy atom. The molecule has 306 valence electrons. The number of ether oxygens (including phenoxy) is 4. The Balaban J connectivity index is 0.953. The van der Waals surface area contributed by atoms with E-state index in [1.807, 2.05) is 50.2 Å². The molecule has 0 heterocycles. The summed E-state index contributed by atoms with van der Waals surface area (Å²) >= 11 is 0. The maximum Gasteiger partial charge on any atom is 0.352 e. The third kappa shape index (κ3) is 7.80. The molecule has 5 aliphatic rings. The normalized spacial score (nSPS) is 25.2. The first-order valence-electron chi connectivity index (χ1n) is 22.1. The Labute approximate surface area is 346 Å². The Hall–Kier alpha value is -4.58. The summed E-state index contributed by atoms with van der Waals surface area (Å²) in [7, 11) is 0. The smallest absolute Gasteiger partial charge is 0.352 e. The van der Waals surface area contributed by atoms with Gasteiger partial charge in [-0.3, -0.25) is 4.79 Å². The van der Waals surface area contributed by atoms with Gasteiger partial charge in [0.2, 0.25) is 0 Å². The standard InChI is InChI=1S/C52H62O6/c1-7-50(5,6)58-47-25-17-41(18-26-47)52(42-30-36-29-37(32-42)33-43(52)31-36)40-15-23-46(24-16-40)57-49(54)35(4)55-44-19-11-38(12-20-44)51(27-9-8-10-28-51)39-13-21-45(22-14-39)56-48(53)34(2)3/h11-26,34-37,42-43H,7-10,27-33H2,1-6H3. The molecule has 0 amide bonds. The van der Waals surface area contributed by atoms with E-state index in [0.717, 1.165) is 49.7 Å². The van der Waals surface area contributed by atoms with Gasteiger partial charge in [-0.2, -0.15) is 0 Å². The highest BCUT2D eigenvalue weighted by Crippen LogP contribution is 2.65. The zero-order valence-electron chi connectivity index (χ0n) is 35.4. The van der Waals surface area contributed by atoms with Crippen LogP contribution in [0, 0.1) is 29.6 Å². The monoisotopic (exact) mass is 782 g/mol. The lowest BCUT2D eigenvalue weighted by molar-refractivity contribution is -0.141. The van der Waals surface area contributed by atoms with E-state index in [1.54, 1.807) is 6.92 Å². The average Bonchev–Trinajstić information content (AvgIpc) is 3.22. The van der Waals surface area contributed by atoms with Crippen LogP contribution in [0.25, 0.3) is 0 Å². The molecule has 0 spiro atoms. The van der Waals surface area contributed by atoms with Gasteiger partial charge >= 0.3 is 11.9 Å². The summed E-state index contributed by atoms with van der Waals surface area (Å²) in [6.07, 6.45) is 12.3. The number of carbonyl (C=O) groups excluding carboxylic acids is 2. The summed E-state index contributed by atoms with van der Waals surface area (Å²) in [4.78, 5) is 25.6. The summed E-state index contributed by atoms with van der Waals surface area (Å²) in [5, 5.41) is 0. The van der Waals surface area contributed by atoms with Crippen LogP contribution in [0.3, 0.4) is 0 Å². The van der Waals surface area contributed by atoms with E-state index in [9.17, 15) is 9.59 Å². The second-order valence-electron chi connectivity index (χ2n) is 18.9. The number of hydrogen-bond donors (Lipinski definition) is 0. The average molecular weight is 783 g/mol. The molecular weight excluding hydrogens is 721 g/mol. The van der Waals surface area contributed by atoms with Crippen LogP contribution in [0.15, 0.2) is 97.1 Å². The molecule has 0 saturated heterocycles. The summed E-state index contributed by atoms with van der Waals surface area (Å²) in [5.74, 6) is 4.72. The molecule has 0 aromatic heterocycles. The lowest BCUT2D eigenvalue weighted by atomic mass is 9.42. The largest absolute Gasteiger partial charge is 0.488 e. The summed E-state index contributed by atoms with van der Waals surface area (Å²) in [6.45, 7) is 11.9. The van der Waals surface area contributed by atoms with Crippen LogP contribution in [-0.4, -0.2) is 23.6 Å². The van der Waals surface area contributed by atoms with Gasteiger partial charge in [-0.25, -0.2) is 4.79 Å². The minimum Gasteiger partial charge on any atom is -0.488 e. The molecule has 6 heteroatoms. The highest BCUT2D eigenvalue weighted by atomic mass is 16.6. The lowest BCUT2D eigenvalue weighted by Gasteiger charge is -2.62. The fourth-order valence-corrected chi connectivity index (χ4v) is 11.3. The second kappa shape index (κ2) is 16.2. The van der Waals surface area contributed by atoms with Gasteiger partial charge in [0.15, 0.2) is 6.10 Å². The van der Waals surface area contributed by atoms with Gasteiger partial charge in [0.1, 0.15) is 28.6 Å². The van der Waals surface area contributed by atoms with E-state index in [0.29, 0.717) is 29.1 Å². The lowest BCUT2D eigenvalue weighted by Crippen LogP contribution is -2.56. The van der Waals surface area contributed by atoms with Crippen LogP contribution >= 0.6 is 0 Å². The van der Waals surface area contributed by atoms with Crippen molar-refractivity contribution < 1.29 is 28.5 Å². The van der Waals surface area contributed by atoms with E-state index < -0.39 is 12.1 Å². The van der Waals surface area contributed by atoms with Crippen molar-refractivity contribution in [2.24, 2.45) is 29.6 Å². The van der Waals surface area contributed by atoms with Crippen molar-refractivity contribution in [1.82, 2.24) is 0 Å². The number of hydrogen-bond acceptors (Lipinski definition) is 6. The molecule has 4 bridgehead atoms. The van der Waals surface area contributed by atoms with E-state index in [2.05, 4.69) is 81.4 Å². The van der Waals surface area contributed by atoms with Crippen LogP contribution in [0.2, 0.25) is 0 Å². The van der Waals surface area contributed by atoms with Gasteiger partial charge in [0.05, 0.1) is 5.92 Å². The second-order valence-corrected chi connectivity index (χ2v) is 18.9. The molecule has 4 aromatic rings. The zero-order chi connectivity index (χ0) is 40.7. The Bertz CT molecular complexity index is 2010. The van der Waals surface area contributed by atoms with Crippen LogP contribution in [0.4, 0.5) is 0 Å². The summed E-state index contributed by atoms with van der Waals surface area (Å²) < 4.78 is 24.0. The minimum atomic E-state index is -0.788. The van der Waals surface area contributed by atoms with Crippen LogP contribution < -0.4 is 18.9 Å². The maximum absolute atomic E-state index is 13.4. The number of benzene rings is 4. The van der Waals surface area contributed by atoms with Gasteiger partial charge in [0.25, 0.3) is 0 Å². The van der Waals surface area contributed by atoms with E-state index in [4.69, 9.17) is 18.9 Å². The van der Waals surface area contributed by atoms with Crippen molar-refractivity contribution in [2.45, 2.75) is 135 Å². The summed E-state index contributed by atoms with van der Waals surface area (Å²) in [5.41, 5.74) is 4.77. The number of rotatable bonds is 13. The highest BCUT2D eigenvalue weighted by Gasteiger charge is 2.58. The minimum absolute atomic E-state index is 0.0563. The van der Waals surface area contributed by atoms with Crippen LogP contribution in [-0.2, 0) is 20.4 Å². The summed E-state index contributed by atoms with van der Waals surface area (Å²) in [6, 6.07) is 33.6. The molecule has 5 fully saturated rings. The molecule has 0 aliphatic heterocycles. The maximum atomic E-state index is 13.4. The topological polar surface area (TPSA) is 71.1 Å². The third-order valence-corrected chi connectivity index (χ3v) is 14.4. The molecule has 1 unspecified atom stereocenters. The quantitative estimate of drug-likeness (QED) is 0.0993. The predicted molar refractivity (Wildman–Crippen MR) is 229 cm³/mol. The van der Waals surface area contributed by atoms with Gasteiger partial charge in [-0.1, -0.05) is 88.6 Å². The molecule has 5 saturated carbocycles. The van der Waals surface area contributed by atoms with E-state index in [1.165, 1.54) is 60.8 Å². The predicted octanol–water partition coefficient (Wildman–Crippen LogP) is 12.2. The molecule has 4 aromatic carbocycles. The molecule has 9 rings (SSSR count). The van der Waals surface area contributed by atoms with E-state index in [-0.39, 0.29) is 28.3 Å². The molecular formula is C52H62O6. The Morgan fingerprint density at radius 1 is 0.586 bits per heavy atom. The van der Waals surface area contributed by atoms with Crippen LogP contribution in [0.5, 0.6) is 23.0 Å². The third-order valence-electron chi connectivity index (χ3n) is 14.4. The first-order valence-corrected chi connectivity index (χ1v) is 22.1. The van der Waals surface area contributed by atoms with Gasteiger partial charge in [0, 0.05) is 10.8 Å². The SMILES string of the molecule is CCC(C)(C)Oc1ccc(C2(c3ccc(OC(=O)C(C)Oc4ccc(C5(c6ccc(OC(=O)C(C)C)cc6)CCCCC5)cc4)cc3)C3CC4CC(C3)CC2C4)cc1. The first kappa shape index (κ1) is 40.2. The fourth-order valence-electron chi connectivity index (χ4n) is 11.3. The molecule has 0 radical (unpaired) electrons. The Morgan fingerprint density at radius 3 is 1.48 bits per heavy atom. The van der Waals surface area contributed by atoms with Crippen molar-refractivity contribution in [3.63, 3.8) is 0 Å². The van der Waals surface area contributed by atoms with Crippen molar-refractivity contribution in [2.75, 3.05) is 0 Å². The highest BCUT2D eigenvalue weighted by molar-refractivity contribution is 5.77. The molecule has 5 aliphatic carbocycles. The van der Waals surface area contributed by atoms with Crippen molar-refractivity contribution in [1.29, 1.82) is 0 Å². The van der Waals surface area contributed by atoms with E-state index >= 15 is 0 Å². The van der Waals surface area contributed by atoms with Crippen LogP contribution in [0.1, 0.15) is 134 Å². The van der Waals surface area contributed by atoms with Crippen molar-refractivity contribution in [3.05, 3.63) is 119 Å². The molecule has 0 N–H and O–H groups in total. The van der Waals surface area contributed by atoms with Gasteiger partial charge in [-0.05, 0) is 167 Å². The zero-order valence-corrected chi connectivity index (χ0v) is 35.4.